The number of aromatic nitrogens is 2. The number of thiophene rings is 1. The third kappa shape index (κ3) is 3.60. The Hall–Kier alpha value is -3.07. The van der Waals surface area contributed by atoms with Crippen LogP contribution in [0.25, 0.3) is 10.8 Å². The van der Waals surface area contributed by atoms with Gasteiger partial charge < -0.3 is 18.8 Å². The summed E-state index contributed by atoms with van der Waals surface area (Å²) in [5.74, 6) is 0.916. The van der Waals surface area contributed by atoms with E-state index in [0.29, 0.717) is 19.8 Å². The van der Waals surface area contributed by atoms with Crippen molar-refractivity contribution < 1.29 is 18.7 Å². The number of fused-ring (bicyclic) bond motifs is 1. The van der Waals surface area contributed by atoms with E-state index in [1.807, 2.05) is 40.6 Å². The second-order valence-corrected chi connectivity index (χ2v) is 8.26. The van der Waals surface area contributed by atoms with E-state index < -0.39 is 5.76 Å². The zero-order chi connectivity index (χ0) is 20.5. The maximum atomic E-state index is 13.0. The Morgan fingerprint density at radius 2 is 2.03 bits per heavy atom. The van der Waals surface area contributed by atoms with Gasteiger partial charge in [0.25, 0.3) is 5.89 Å². The monoisotopic (exact) mass is 427 g/mol. The molecule has 156 valence electrons. The number of hydrogen-bond acceptors (Lipinski definition) is 7. The zero-order valence-corrected chi connectivity index (χ0v) is 17.1. The molecule has 8 nitrogen and oxygen atoms in total. The van der Waals surface area contributed by atoms with Crippen LogP contribution in [0, 0.1) is 0 Å². The number of rotatable bonds is 4. The number of likely N-dealkylation sites (tertiary alicyclic amines) is 1. The van der Waals surface area contributed by atoms with Crippen molar-refractivity contribution >= 4 is 17.2 Å². The van der Waals surface area contributed by atoms with Crippen molar-refractivity contribution in [1.29, 1.82) is 0 Å². The Bertz CT molecular complexity index is 1100. The molecule has 0 bridgehead atoms. The minimum Gasteiger partial charge on any atom is -0.490 e. The van der Waals surface area contributed by atoms with Gasteiger partial charge in [-0.3, -0.25) is 4.79 Å². The maximum Gasteiger partial charge on any atom is 0.437 e. The average molecular weight is 427 g/mol. The van der Waals surface area contributed by atoms with Crippen LogP contribution < -0.4 is 15.2 Å². The number of carbonyl (C=O) groups is 1. The Labute approximate surface area is 176 Å². The molecule has 0 saturated carbocycles. The van der Waals surface area contributed by atoms with E-state index in [1.165, 1.54) is 11.3 Å². The molecule has 1 unspecified atom stereocenters. The average Bonchev–Trinajstić information content (AvgIpc) is 3.47. The molecule has 2 aliphatic heterocycles. The lowest BCUT2D eigenvalue weighted by molar-refractivity contribution is -0.133. The van der Waals surface area contributed by atoms with Crippen LogP contribution in [0.4, 0.5) is 0 Å². The second-order valence-electron chi connectivity index (χ2n) is 7.31. The number of amides is 1. The first-order valence-electron chi connectivity index (χ1n) is 10.00. The summed E-state index contributed by atoms with van der Waals surface area (Å²) < 4.78 is 17.8. The smallest absolute Gasteiger partial charge is 0.437 e. The molecule has 2 aromatic heterocycles. The van der Waals surface area contributed by atoms with E-state index in [-0.39, 0.29) is 24.4 Å². The molecule has 4 heterocycles. The fraction of sp³-hybridized carbons (Fsp3) is 0.381. The number of nitrogens with zero attached hydrogens (tertiary/aromatic N) is 3. The zero-order valence-electron chi connectivity index (χ0n) is 16.3. The summed E-state index contributed by atoms with van der Waals surface area (Å²) in [6.45, 7) is 1.75. The van der Waals surface area contributed by atoms with Gasteiger partial charge in [-0.25, -0.2) is 4.79 Å². The summed E-state index contributed by atoms with van der Waals surface area (Å²) in [6, 6.07) is 9.48. The standard InChI is InChI=1S/C21H21N3O5S/c25-19(13-24-21(26)29-20(22-24)18-5-2-11-30-18)23-8-1-4-15(23)14-6-7-16-17(12-14)28-10-3-9-27-16/h2,5-7,11-12,15H,1,3-4,8-10,13H2. The predicted octanol–water partition coefficient (Wildman–Crippen LogP) is 3.09. The minimum atomic E-state index is -0.627. The van der Waals surface area contributed by atoms with Gasteiger partial charge in [-0.05, 0) is 42.0 Å². The second kappa shape index (κ2) is 7.98. The van der Waals surface area contributed by atoms with Gasteiger partial charge in [0.2, 0.25) is 5.91 Å². The normalized spacial score (nSPS) is 18.4. The van der Waals surface area contributed by atoms with Gasteiger partial charge in [-0.1, -0.05) is 12.1 Å². The van der Waals surface area contributed by atoms with Crippen molar-refractivity contribution in [2.45, 2.75) is 31.8 Å². The lowest BCUT2D eigenvalue weighted by Crippen LogP contribution is -2.35. The van der Waals surface area contributed by atoms with Crippen LogP contribution in [0.2, 0.25) is 0 Å². The van der Waals surface area contributed by atoms with Gasteiger partial charge in [0, 0.05) is 13.0 Å². The summed E-state index contributed by atoms with van der Waals surface area (Å²) in [7, 11) is 0. The highest BCUT2D eigenvalue weighted by Crippen LogP contribution is 2.38. The number of ether oxygens (including phenoxy) is 2. The third-order valence-electron chi connectivity index (χ3n) is 5.35. The summed E-state index contributed by atoms with van der Waals surface area (Å²) in [5.41, 5.74) is 1.01. The molecular weight excluding hydrogens is 406 g/mol. The third-order valence-corrected chi connectivity index (χ3v) is 6.21. The largest absolute Gasteiger partial charge is 0.490 e. The molecule has 0 radical (unpaired) electrons. The molecule has 1 aromatic carbocycles. The molecule has 5 rings (SSSR count). The molecular formula is C21H21N3O5S. The lowest BCUT2D eigenvalue weighted by atomic mass is 10.0. The van der Waals surface area contributed by atoms with Crippen LogP contribution >= 0.6 is 11.3 Å². The highest BCUT2D eigenvalue weighted by atomic mass is 32.1. The molecule has 30 heavy (non-hydrogen) atoms. The minimum absolute atomic E-state index is 0.0611. The Morgan fingerprint density at radius 3 is 2.87 bits per heavy atom. The predicted molar refractivity (Wildman–Crippen MR) is 110 cm³/mol. The molecule has 1 fully saturated rings. The van der Waals surface area contributed by atoms with E-state index in [1.54, 1.807) is 0 Å². The molecule has 0 spiro atoms. The molecule has 3 aromatic rings. The molecule has 2 aliphatic rings. The van der Waals surface area contributed by atoms with Crippen LogP contribution in [0.15, 0.2) is 44.9 Å². The molecule has 0 N–H and O–H groups in total. The van der Waals surface area contributed by atoms with Gasteiger partial charge in [0.05, 0.1) is 24.1 Å². The highest BCUT2D eigenvalue weighted by Gasteiger charge is 2.31. The summed E-state index contributed by atoms with van der Waals surface area (Å²) >= 11 is 1.43. The first-order chi connectivity index (χ1) is 14.7. The summed E-state index contributed by atoms with van der Waals surface area (Å²) in [5, 5.41) is 6.07. The summed E-state index contributed by atoms with van der Waals surface area (Å²) in [4.78, 5) is 27.8. The van der Waals surface area contributed by atoms with E-state index in [2.05, 4.69) is 5.10 Å². The van der Waals surface area contributed by atoms with Crippen molar-refractivity contribution in [3.63, 3.8) is 0 Å². The topological polar surface area (TPSA) is 86.8 Å². The Balaban J connectivity index is 1.35. The first-order valence-corrected chi connectivity index (χ1v) is 10.9. The lowest BCUT2D eigenvalue weighted by Gasteiger charge is -2.25. The van der Waals surface area contributed by atoms with Crippen molar-refractivity contribution in [2.75, 3.05) is 19.8 Å². The first kappa shape index (κ1) is 18.9. The van der Waals surface area contributed by atoms with Crippen molar-refractivity contribution in [1.82, 2.24) is 14.7 Å². The van der Waals surface area contributed by atoms with E-state index in [0.717, 1.165) is 45.9 Å². The van der Waals surface area contributed by atoms with Crippen LogP contribution in [0.1, 0.15) is 30.9 Å². The fourth-order valence-electron chi connectivity index (χ4n) is 3.92. The van der Waals surface area contributed by atoms with Crippen LogP contribution in [0.5, 0.6) is 11.5 Å². The van der Waals surface area contributed by atoms with Crippen LogP contribution in [-0.4, -0.2) is 40.3 Å². The SMILES string of the molecule is O=C(Cn1nc(-c2cccs2)oc1=O)N1CCCC1c1ccc2c(c1)OCCCO2. The molecule has 9 heteroatoms. The fourth-order valence-corrected chi connectivity index (χ4v) is 4.57. The van der Waals surface area contributed by atoms with Crippen LogP contribution in [-0.2, 0) is 11.3 Å². The Morgan fingerprint density at radius 1 is 1.17 bits per heavy atom. The summed E-state index contributed by atoms with van der Waals surface area (Å²) in [6.07, 6.45) is 2.61. The van der Waals surface area contributed by atoms with Gasteiger partial charge in [-0.2, -0.15) is 4.68 Å². The Kier molecular flexibility index (Phi) is 5.04. The quantitative estimate of drug-likeness (QED) is 0.636. The van der Waals surface area contributed by atoms with Gasteiger partial charge >= 0.3 is 5.76 Å². The molecule has 1 saturated heterocycles. The van der Waals surface area contributed by atoms with Gasteiger partial charge in [0.15, 0.2) is 11.5 Å². The molecule has 1 amide bonds. The van der Waals surface area contributed by atoms with E-state index >= 15 is 0 Å². The molecule has 0 aliphatic carbocycles. The van der Waals surface area contributed by atoms with E-state index in [4.69, 9.17) is 13.9 Å². The number of benzene rings is 1. The molecule has 1 atom stereocenters. The van der Waals surface area contributed by atoms with Crippen molar-refractivity contribution in [2.24, 2.45) is 0 Å². The highest BCUT2D eigenvalue weighted by molar-refractivity contribution is 7.13. The van der Waals surface area contributed by atoms with Crippen molar-refractivity contribution in [3.8, 4) is 22.3 Å². The number of carbonyl (C=O) groups excluding carboxylic acids is 1. The van der Waals surface area contributed by atoms with Crippen molar-refractivity contribution in [3.05, 3.63) is 51.8 Å². The van der Waals surface area contributed by atoms with E-state index in [9.17, 15) is 9.59 Å². The van der Waals surface area contributed by atoms with Gasteiger partial charge in [0.1, 0.15) is 6.54 Å². The maximum absolute atomic E-state index is 13.0. The van der Waals surface area contributed by atoms with Crippen LogP contribution in [0.3, 0.4) is 0 Å². The van der Waals surface area contributed by atoms with Gasteiger partial charge in [-0.15, -0.1) is 16.4 Å². The number of hydrogen-bond donors (Lipinski definition) is 0.